The van der Waals surface area contributed by atoms with Crippen LogP contribution in [0.25, 0.3) is 0 Å². The standard InChI is InChI=1S/C12H10Br3NS/c1-6-2-3-7(9(13)4-6)11(16)8-5-10(14)17-12(8)15/h2-5,11H,16H2,1H3. The average molecular weight is 440 g/mol. The first-order valence-electron chi connectivity index (χ1n) is 4.95. The molecule has 17 heavy (non-hydrogen) atoms. The van der Waals surface area contributed by atoms with Gasteiger partial charge in [0.1, 0.15) is 0 Å². The first-order valence-corrected chi connectivity index (χ1v) is 8.15. The quantitative estimate of drug-likeness (QED) is 0.666. The van der Waals surface area contributed by atoms with Crippen LogP contribution < -0.4 is 5.73 Å². The van der Waals surface area contributed by atoms with Crippen LogP contribution in [0, 0.1) is 6.92 Å². The molecule has 1 heterocycles. The molecule has 2 N–H and O–H groups in total. The number of nitrogens with two attached hydrogens (primary N) is 1. The molecule has 1 nitrogen and oxygen atoms in total. The zero-order valence-electron chi connectivity index (χ0n) is 9.01. The number of halogens is 3. The van der Waals surface area contributed by atoms with E-state index in [1.54, 1.807) is 11.3 Å². The molecule has 90 valence electrons. The molecular weight excluding hydrogens is 430 g/mol. The third-order valence-electron chi connectivity index (χ3n) is 2.51. The van der Waals surface area contributed by atoms with Gasteiger partial charge >= 0.3 is 0 Å². The molecule has 1 aromatic carbocycles. The summed E-state index contributed by atoms with van der Waals surface area (Å²) in [5.41, 5.74) is 9.73. The van der Waals surface area contributed by atoms with Gasteiger partial charge in [0.2, 0.25) is 0 Å². The van der Waals surface area contributed by atoms with Crippen LogP contribution in [0.1, 0.15) is 22.7 Å². The zero-order chi connectivity index (χ0) is 12.6. The van der Waals surface area contributed by atoms with Crippen molar-refractivity contribution in [1.82, 2.24) is 0 Å². The fourth-order valence-electron chi connectivity index (χ4n) is 1.62. The zero-order valence-corrected chi connectivity index (χ0v) is 14.6. The van der Waals surface area contributed by atoms with E-state index in [2.05, 4.69) is 79.0 Å². The summed E-state index contributed by atoms with van der Waals surface area (Å²) < 4.78 is 3.21. The van der Waals surface area contributed by atoms with E-state index >= 15 is 0 Å². The summed E-state index contributed by atoms with van der Waals surface area (Å²) in [6, 6.07) is 8.18. The van der Waals surface area contributed by atoms with Gasteiger partial charge in [-0.1, -0.05) is 28.1 Å². The highest BCUT2D eigenvalue weighted by Crippen LogP contribution is 2.38. The van der Waals surface area contributed by atoms with Gasteiger partial charge in [-0.2, -0.15) is 0 Å². The van der Waals surface area contributed by atoms with Crippen LogP contribution in [-0.2, 0) is 0 Å². The highest BCUT2D eigenvalue weighted by atomic mass is 79.9. The number of thiophene rings is 1. The van der Waals surface area contributed by atoms with E-state index in [-0.39, 0.29) is 6.04 Å². The Kier molecular flexibility index (Phi) is 4.47. The fourth-order valence-corrected chi connectivity index (χ4v) is 5.29. The van der Waals surface area contributed by atoms with Gasteiger partial charge in [0.15, 0.2) is 0 Å². The van der Waals surface area contributed by atoms with Gasteiger partial charge in [-0.15, -0.1) is 11.3 Å². The molecule has 1 unspecified atom stereocenters. The van der Waals surface area contributed by atoms with E-state index in [0.717, 1.165) is 23.2 Å². The van der Waals surface area contributed by atoms with Gasteiger partial charge in [-0.25, -0.2) is 0 Å². The second-order valence-electron chi connectivity index (χ2n) is 3.78. The van der Waals surface area contributed by atoms with Gasteiger partial charge < -0.3 is 5.73 Å². The van der Waals surface area contributed by atoms with E-state index in [0.29, 0.717) is 0 Å². The number of benzene rings is 1. The minimum Gasteiger partial charge on any atom is -0.320 e. The van der Waals surface area contributed by atoms with Crippen molar-refractivity contribution in [2.24, 2.45) is 5.73 Å². The predicted molar refractivity (Wildman–Crippen MR) is 84.6 cm³/mol. The van der Waals surface area contributed by atoms with Crippen LogP contribution in [0.4, 0.5) is 0 Å². The molecule has 2 aromatic rings. The van der Waals surface area contributed by atoms with Crippen molar-refractivity contribution in [1.29, 1.82) is 0 Å². The Balaban J connectivity index is 2.43. The number of aryl methyl sites for hydroxylation is 1. The molecule has 0 spiro atoms. The number of rotatable bonds is 2. The summed E-state index contributed by atoms with van der Waals surface area (Å²) in [6.07, 6.45) is 0. The second kappa shape index (κ2) is 5.53. The van der Waals surface area contributed by atoms with Crippen LogP contribution in [0.2, 0.25) is 0 Å². The lowest BCUT2D eigenvalue weighted by molar-refractivity contribution is 0.865. The number of hydrogen-bond acceptors (Lipinski definition) is 2. The Hall–Kier alpha value is 0.320. The number of hydrogen-bond donors (Lipinski definition) is 1. The van der Waals surface area contributed by atoms with Gasteiger partial charge in [0.25, 0.3) is 0 Å². The summed E-state index contributed by atoms with van der Waals surface area (Å²) in [5.74, 6) is 0. The molecule has 5 heteroatoms. The Morgan fingerprint density at radius 1 is 1.12 bits per heavy atom. The summed E-state index contributed by atoms with van der Waals surface area (Å²) in [6.45, 7) is 2.07. The molecule has 0 aliphatic rings. The lowest BCUT2D eigenvalue weighted by atomic mass is 10.0. The van der Waals surface area contributed by atoms with Gasteiger partial charge in [0, 0.05) is 4.47 Å². The van der Waals surface area contributed by atoms with Crippen LogP contribution in [-0.4, -0.2) is 0 Å². The highest BCUT2D eigenvalue weighted by molar-refractivity contribution is 9.12. The van der Waals surface area contributed by atoms with E-state index in [1.807, 2.05) is 0 Å². The average Bonchev–Trinajstić information content (AvgIpc) is 2.57. The summed E-state index contributed by atoms with van der Waals surface area (Å²) in [4.78, 5) is 0. The molecular formula is C12H10Br3NS. The van der Waals surface area contributed by atoms with Crippen molar-refractivity contribution < 1.29 is 0 Å². The fraction of sp³-hybridized carbons (Fsp3) is 0.167. The first kappa shape index (κ1) is 13.7. The van der Waals surface area contributed by atoms with Gasteiger partial charge in [-0.05, 0) is 67.6 Å². The van der Waals surface area contributed by atoms with Crippen LogP contribution in [0.5, 0.6) is 0 Å². The Labute approximate surface area is 130 Å². The molecule has 0 amide bonds. The molecule has 0 aliphatic heterocycles. The van der Waals surface area contributed by atoms with E-state index < -0.39 is 0 Å². The maximum Gasteiger partial charge on any atom is 0.0761 e. The van der Waals surface area contributed by atoms with Gasteiger partial charge in [-0.3, -0.25) is 0 Å². The maximum absolute atomic E-state index is 6.31. The van der Waals surface area contributed by atoms with Crippen molar-refractivity contribution in [2.45, 2.75) is 13.0 Å². The summed E-state index contributed by atoms with van der Waals surface area (Å²) >= 11 is 12.2. The summed E-state index contributed by atoms with van der Waals surface area (Å²) in [5, 5.41) is 0. The van der Waals surface area contributed by atoms with Crippen LogP contribution in [0.15, 0.2) is 36.3 Å². The highest BCUT2D eigenvalue weighted by Gasteiger charge is 2.17. The van der Waals surface area contributed by atoms with E-state index in [1.165, 1.54) is 5.56 Å². The van der Waals surface area contributed by atoms with E-state index in [9.17, 15) is 0 Å². The van der Waals surface area contributed by atoms with Crippen LogP contribution >= 0.6 is 59.1 Å². The summed E-state index contributed by atoms with van der Waals surface area (Å²) in [7, 11) is 0. The van der Waals surface area contributed by atoms with Crippen molar-refractivity contribution in [3.8, 4) is 0 Å². The lowest BCUT2D eigenvalue weighted by Crippen LogP contribution is -2.12. The largest absolute Gasteiger partial charge is 0.320 e. The molecule has 0 bridgehead atoms. The smallest absolute Gasteiger partial charge is 0.0761 e. The molecule has 0 aliphatic carbocycles. The van der Waals surface area contributed by atoms with Crippen molar-refractivity contribution in [3.63, 3.8) is 0 Å². The van der Waals surface area contributed by atoms with Crippen molar-refractivity contribution >= 4 is 59.1 Å². The third kappa shape index (κ3) is 3.01. The normalized spacial score (nSPS) is 12.8. The molecule has 1 atom stereocenters. The monoisotopic (exact) mass is 437 g/mol. The Morgan fingerprint density at radius 2 is 1.82 bits per heavy atom. The lowest BCUT2D eigenvalue weighted by Gasteiger charge is -2.14. The van der Waals surface area contributed by atoms with Crippen molar-refractivity contribution in [3.05, 3.63) is 53.0 Å². The molecule has 0 saturated carbocycles. The molecule has 2 rings (SSSR count). The van der Waals surface area contributed by atoms with E-state index in [4.69, 9.17) is 5.73 Å². The topological polar surface area (TPSA) is 26.0 Å². The maximum atomic E-state index is 6.31. The molecule has 0 radical (unpaired) electrons. The Morgan fingerprint density at radius 3 is 2.35 bits per heavy atom. The predicted octanol–water partition coefficient (Wildman–Crippen LogP) is 5.39. The third-order valence-corrected chi connectivity index (χ3v) is 5.58. The molecule has 0 saturated heterocycles. The SMILES string of the molecule is Cc1ccc(C(N)c2cc(Br)sc2Br)c(Br)c1. The minimum absolute atomic E-state index is 0.123. The molecule has 1 aromatic heterocycles. The molecule has 0 fully saturated rings. The first-order chi connectivity index (χ1) is 7.99. The van der Waals surface area contributed by atoms with Crippen LogP contribution in [0.3, 0.4) is 0 Å². The van der Waals surface area contributed by atoms with Crippen molar-refractivity contribution in [2.75, 3.05) is 0 Å². The van der Waals surface area contributed by atoms with Gasteiger partial charge in [0.05, 0.1) is 13.6 Å². The minimum atomic E-state index is -0.123. The Bertz CT molecular complexity index is 551. The second-order valence-corrected chi connectivity index (χ2v) is 8.39.